The molecular formula is C23H21N5O2S2. The monoisotopic (exact) mass is 463 g/mol. The molecule has 0 radical (unpaired) electrons. The van der Waals surface area contributed by atoms with Crippen molar-refractivity contribution in [2.75, 3.05) is 5.75 Å². The van der Waals surface area contributed by atoms with Crippen LogP contribution in [0, 0.1) is 13.8 Å². The molecule has 1 atom stereocenters. The summed E-state index contributed by atoms with van der Waals surface area (Å²) in [6.07, 6.45) is 3.93. The van der Waals surface area contributed by atoms with E-state index in [0.717, 1.165) is 21.8 Å². The zero-order chi connectivity index (χ0) is 22.1. The van der Waals surface area contributed by atoms with E-state index in [0.29, 0.717) is 17.3 Å². The Labute approximate surface area is 193 Å². The number of aromatic nitrogens is 3. The van der Waals surface area contributed by atoms with Crippen molar-refractivity contribution in [1.82, 2.24) is 19.8 Å². The highest BCUT2D eigenvalue weighted by molar-refractivity contribution is 7.99. The number of thiophene rings is 1. The standard InChI is InChI=1S/C23H21N5O2S2/c1-15-7-8-18(16(2)11-15)27-14-24-25-23(27)32-13-22(29)28-19(21-6-4-10-31-21)12-17(26-28)20-5-3-9-30-20/h3-11,14,19H,12-13H2,1-2H3. The van der Waals surface area contributed by atoms with Gasteiger partial charge in [0.25, 0.3) is 5.91 Å². The highest BCUT2D eigenvalue weighted by Gasteiger charge is 2.34. The summed E-state index contributed by atoms with van der Waals surface area (Å²) in [5, 5.41) is 17.2. The van der Waals surface area contributed by atoms with Gasteiger partial charge in [-0.2, -0.15) is 5.10 Å². The number of amides is 1. The Hall–Kier alpha value is -3.17. The zero-order valence-electron chi connectivity index (χ0n) is 17.6. The van der Waals surface area contributed by atoms with E-state index in [9.17, 15) is 4.79 Å². The number of hydrogen-bond donors (Lipinski definition) is 0. The van der Waals surface area contributed by atoms with Gasteiger partial charge in [0, 0.05) is 11.3 Å². The van der Waals surface area contributed by atoms with Gasteiger partial charge in [0.1, 0.15) is 17.8 Å². The molecule has 1 aliphatic rings. The SMILES string of the molecule is Cc1ccc(-n2cnnc2SCC(=O)N2N=C(c3ccco3)CC2c2cccs2)c(C)c1. The molecule has 0 N–H and O–H groups in total. The van der Waals surface area contributed by atoms with Crippen LogP contribution in [0.5, 0.6) is 0 Å². The Morgan fingerprint density at radius 3 is 2.91 bits per heavy atom. The Balaban J connectivity index is 1.36. The summed E-state index contributed by atoms with van der Waals surface area (Å²) < 4.78 is 7.44. The summed E-state index contributed by atoms with van der Waals surface area (Å²) in [5.74, 6) is 0.828. The number of rotatable bonds is 6. The summed E-state index contributed by atoms with van der Waals surface area (Å²) >= 11 is 2.99. The molecular weight excluding hydrogens is 442 g/mol. The van der Waals surface area contributed by atoms with E-state index in [-0.39, 0.29) is 17.7 Å². The molecule has 0 aliphatic carbocycles. The summed E-state index contributed by atoms with van der Waals surface area (Å²) in [6.45, 7) is 4.12. The van der Waals surface area contributed by atoms with Gasteiger partial charge in [0.05, 0.1) is 23.7 Å². The number of benzene rings is 1. The van der Waals surface area contributed by atoms with Gasteiger partial charge in [0.2, 0.25) is 0 Å². The third kappa shape index (κ3) is 4.01. The van der Waals surface area contributed by atoms with E-state index in [1.165, 1.54) is 17.3 Å². The van der Waals surface area contributed by atoms with E-state index in [1.54, 1.807) is 28.9 Å². The van der Waals surface area contributed by atoms with Crippen LogP contribution in [-0.4, -0.2) is 37.1 Å². The number of nitrogens with zero attached hydrogens (tertiary/aromatic N) is 5. The lowest BCUT2D eigenvalue weighted by Gasteiger charge is -2.20. The minimum absolute atomic E-state index is 0.0786. The predicted molar refractivity (Wildman–Crippen MR) is 125 cm³/mol. The molecule has 0 saturated carbocycles. The average Bonchev–Trinajstić information content (AvgIpc) is 3.58. The zero-order valence-corrected chi connectivity index (χ0v) is 19.3. The maximum absolute atomic E-state index is 13.2. The number of aryl methyl sites for hydroxylation is 2. The summed E-state index contributed by atoms with van der Waals surface area (Å²) in [4.78, 5) is 14.3. The van der Waals surface area contributed by atoms with Gasteiger partial charge in [0.15, 0.2) is 5.16 Å². The smallest absolute Gasteiger partial charge is 0.253 e. The number of furan rings is 1. The van der Waals surface area contributed by atoms with Crippen LogP contribution >= 0.6 is 23.1 Å². The van der Waals surface area contributed by atoms with E-state index in [1.807, 2.05) is 40.3 Å². The predicted octanol–water partition coefficient (Wildman–Crippen LogP) is 5.01. The van der Waals surface area contributed by atoms with E-state index in [2.05, 4.69) is 41.3 Å². The first kappa shape index (κ1) is 20.7. The van der Waals surface area contributed by atoms with E-state index >= 15 is 0 Å². The third-order valence-corrected chi connectivity index (χ3v) is 7.20. The largest absolute Gasteiger partial charge is 0.463 e. The van der Waals surface area contributed by atoms with Crippen LogP contribution in [0.4, 0.5) is 0 Å². The molecule has 0 saturated heterocycles. The summed E-state index contributed by atoms with van der Waals surface area (Å²) in [7, 11) is 0. The summed E-state index contributed by atoms with van der Waals surface area (Å²) in [5.41, 5.74) is 4.11. The number of hydrogen-bond acceptors (Lipinski definition) is 7. The van der Waals surface area contributed by atoms with Gasteiger partial charge in [-0.25, -0.2) is 5.01 Å². The van der Waals surface area contributed by atoms with Crippen molar-refractivity contribution in [2.45, 2.75) is 31.5 Å². The van der Waals surface area contributed by atoms with Crippen LogP contribution in [0.2, 0.25) is 0 Å². The molecule has 4 heterocycles. The van der Waals surface area contributed by atoms with E-state index in [4.69, 9.17) is 4.42 Å². The molecule has 7 nitrogen and oxygen atoms in total. The maximum atomic E-state index is 13.2. The van der Waals surface area contributed by atoms with Crippen molar-refractivity contribution in [2.24, 2.45) is 5.10 Å². The minimum Gasteiger partial charge on any atom is -0.463 e. The van der Waals surface area contributed by atoms with Gasteiger partial charge < -0.3 is 4.42 Å². The molecule has 1 amide bonds. The fourth-order valence-corrected chi connectivity index (χ4v) is 5.38. The molecule has 0 fully saturated rings. The van der Waals surface area contributed by atoms with Crippen molar-refractivity contribution in [3.05, 3.63) is 82.2 Å². The molecule has 3 aromatic heterocycles. The van der Waals surface area contributed by atoms with Crippen molar-refractivity contribution >= 4 is 34.7 Å². The second-order valence-corrected chi connectivity index (χ2v) is 9.48. The van der Waals surface area contributed by atoms with Crippen LogP contribution in [-0.2, 0) is 4.79 Å². The van der Waals surface area contributed by atoms with Crippen LogP contribution < -0.4 is 0 Å². The molecule has 9 heteroatoms. The first-order valence-corrected chi connectivity index (χ1v) is 12.0. The van der Waals surface area contributed by atoms with Crippen LogP contribution in [0.1, 0.15) is 34.2 Å². The van der Waals surface area contributed by atoms with Gasteiger partial charge in [-0.3, -0.25) is 9.36 Å². The molecule has 1 unspecified atom stereocenters. The Morgan fingerprint density at radius 2 is 2.16 bits per heavy atom. The van der Waals surface area contributed by atoms with Crippen molar-refractivity contribution in [3.8, 4) is 5.69 Å². The highest BCUT2D eigenvalue weighted by Crippen LogP contribution is 2.36. The van der Waals surface area contributed by atoms with Crippen molar-refractivity contribution in [3.63, 3.8) is 0 Å². The maximum Gasteiger partial charge on any atom is 0.253 e. The van der Waals surface area contributed by atoms with Crippen LogP contribution in [0.15, 0.2) is 75.1 Å². The lowest BCUT2D eigenvalue weighted by atomic mass is 10.1. The molecule has 162 valence electrons. The van der Waals surface area contributed by atoms with Crippen LogP contribution in [0.25, 0.3) is 5.69 Å². The first-order valence-electron chi connectivity index (χ1n) is 10.2. The quantitative estimate of drug-likeness (QED) is 0.376. The third-order valence-electron chi connectivity index (χ3n) is 5.30. The highest BCUT2D eigenvalue weighted by atomic mass is 32.2. The first-order chi connectivity index (χ1) is 15.6. The lowest BCUT2D eigenvalue weighted by Crippen LogP contribution is -2.28. The van der Waals surface area contributed by atoms with Crippen molar-refractivity contribution in [1.29, 1.82) is 0 Å². The molecule has 0 bridgehead atoms. The Bertz CT molecular complexity index is 1260. The average molecular weight is 464 g/mol. The lowest BCUT2D eigenvalue weighted by molar-refractivity contribution is -0.130. The Morgan fingerprint density at radius 1 is 1.25 bits per heavy atom. The van der Waals surface area contributed by atoms with Crippen molar-refractivity contribution < 1.29 is 9.21 Å². The van der Waals surface area contributed by atoms with E-state index < -0.39 is 0 Å². The van der Waals surface area contributed by atoms with Gasteiger partial charge >= 0.3 is 0 Å². The number of hydrazone groups is 1. The number of carbonyl (C=O) groups is 1. The van der Waals surface area contributed by atoms with Gasteiger partial charge in [-0.15, -0.1) is 21.5 Å². The van der Waals surface area contributed by atoms with Gasteiger partial charge in [-0.05, 0) is 49.1 Å². The fourth-order valence-electron chi connectivity index (χ4n) is 3.79. The Kier molecular flexibility index (Phi) is 5.67. The molecule has 5 rings (SSSR count). The topological polar surface area (TPSA) is 76.5 Å². The fraction of sp³-hybridized carbons (Fsp3) is 0.217. The molecule has 4 aromatic rings. The molecule has 32 heavy (non-hydrogen) atoms. The van der Waals surface area contributed by atoms with Gasteiger partial charge in [-0.1, -0.05) is 35.5 Å². The van der Waals surface area contributed by atoms with Crippen LogP contribution in [0.3, 0.4) is 0 Å². The number of carbonyl (C=O) groups excluding carboxylic acids is 1. The molecule has 1 aromatic carbocycles. The number of thioether (sulfide) groups is 1. The second-order valence-electron chi connectivity index (χ2n) is 7.56. The minimum atomic E-state index is -0.125. The normalized spacial score (nSPS) is 15.9. The molecule has 0 spiro atoms. The molecule has 1 aliphatic heterocycles. The summed E-state index contributed by atoms with van der Waals surface area (Å²) in [6, 6.07) is 13.8. The second kappa shape index (κ2) is 8.76.